The molecule has 0 saturated carbocycles. The molecule has 0 saturated heterocycles. The van der Waals surface area contributed by atoms with Crippen molar-refractivity contribution in [1.82, 2.24) is 0 Å². The molecule has 0 atom stereocenters. The van der Waals surface area contributed by atoms with Gasteiger partial charge in [-0.1, -0.05) is 30.3 Å². The van der Waals surface area contributed by atoms with Gasteiger partial charge in [-0.25, -0.2) is 0 Å². The van der Waals surface area contributed by atoms with Crippen molar-refractivity contribution < 1.29 is 4.79 Å². The molecule has 0 radical (unpaired) electrons. The third kappa shape index (κ3) is 2.26. The molecule has 3 rings (SSSR count). The predicted octanol–water partition coefficient (Wildman–Crippen LogP) is 4.04. The molecule has 0 fully saturated rings. The van der Waals surface area contributed by atoms with Crippen LogP contribution < -0.4 is 11.1 Å². The Morgan fingerprint density at radius 3 is 2.65 bits per heavy atom. The minimum atomic E-state index is -0.160. The summed E-state index contributed by atoms with van der Waals surface area (Å²) in [5.41, 5.74) is 8.58. The van der Waals surface area contributed by atoms with Crippen molar-refractivity contribution in [2.75, 3.05) is 11.1 Å². The molecule has 3 aromatic rings. The average Bonchev–Trinajstić information content (AvgIpc) is 2.76. The summed E-state index contributed by atoms with van der Waals surface area (Å²) < 4.78 is 1.04. The molecule has 0 bridgehead atoms. The number of benzene rings is 2. The smallest absolute Gasteiger partial charge is 0.267 e. The molecule has 1 heterocycles. The third-order valence-electron chi connectivity index (χ3n) is 3.12. The van der Waals surface area contributed by atoms with E-state index in [0.717, 1.165) is 21.3 Å². The summed E-state index contributed by atoms with van der Waals surface area (Å²) in [4.78, 5) is 12.9. The number of hydrogen-bond donors (Lipinski definition) is 2. The van der Waals surface area contributed by atoms with Crippen LogP contribution in [0, 0.1) is 6.92 Å². The van der Waals surface area contributed by atoms with Crippen LogP contribution in [0.4, 0.5) is 11.4 Å². The molecule has 2 aromatic carbocycles. The summed E-state index contributed by atoms with van der Waals surface area (Å²) in [6.07, 6.45) is 0. The Balaban J connectivity index is 1.97. The second-order valence-corrected chi connectivity index (χ2v) is 5.72. The lowest BCUT2D eigenvalue weighted by Crippen LogP contribution is -2.11. The number of aryl methyl sites for hydroxylation is 1. The molecule has 20 heavy (non-hydrogen) atoms. The number of carbonyl (C=O) groups excluding carboxylic acids is 1. The summed E-state index contributed by atoms with van der Waals surface area (Å²) >= 11 is 1.43. The van der Waals surface area contributed by atoms with Crippen LogP contribution in [0.3, 0.4) is 0 Å². The van der Waals surface area contributed by atoms with Crippen LogP contribution in [-0.2, 0) is 0 Å². The van der Waals surface area contributed by atoms with Gasteiger partial charge in [0.15, 0.2) is 0 Å². The first-order valence-corrected chi connectivity index (χ1v) is 7.12. The first kappa shape index (κ1) is 12.7. The highest BCUT2D eigenvalue weighted by atomic mass is 32.1. The van der Waals surface area contributed by atoms with Gasteiger partial charge in [0.25, 0.3) is 5.91 Å². The van der Waals surface area contributed by atoms with Crippen LogP contribution in [-0.4, -0.2) is 5.91 Å². The van der Waals surface area contributed by atoms with Gasteiger partial charge in [0.05, 0.1) is 5.69 Å². The molecule has 3 nitrogen and oxygen atoms in total. The van der Waals surface area contributed by atoms with Gasteiger partial charge in [-0.3, -0.25) is 4.79 Å². The fraction of sp³-hybridized carbons (Fsp3) is 0.0625. The summed E-state index contributed by atoms with van der Waals surface area (Å²) in [6.45, 7) is 2.03. The van der Waals surface area contributed by atoms with E-state index in [1.807, 2.05) is 49.4 Å². The van der Waals surface area contributed by atoms with Crippen molar-refractivity contribution in [3.05, 3.63) is 59.0 Å². The number of thiophene rings is 1. The molecule has 0 unspecified atom stereocenters. The number of anilines is 2. The molecule has 0 aliphatic rings. The predicted molar refractivity (Wildman–Crippen MR) is 85.4 cm³/mol. The summed E-state index contributed by atoms with van der Waals surface area (Å²) in [5.74, 6) is -0.160. The molecule has 0 spiro atoms. The van der Waals surface area contributed by atoms with Gasteiger partial charge in [-0.2, -0.15) is 0 Å². The Hall–Kier alpha value is -2.33. The number of para-hydroxylation sites is 1. The standard InChI is InChI=1S/C16H14N2OS/c1-10-7-8-12-13(9-10)20-15(14(12)17)16(19)18-11-5-3-2-4-6-11/h2-9H,17H2,1H3,(H,18,19). The molecular weight excluding hydrogens is 268 g/mol. The lowest BCUT2D eigenvalue weighted by atomic mass is 10.1. The monoisotopic (exact) mass is 282 g/mol. The second kappa shape index (κ2) is 4.98. The molecule has 0 aliphatic heterocycles. The van der Waals surface area contributed by atoms with Gasteiger partial charge < -0.3 is 11.1 Å². The number of nitrogens with two attached hydrogens (primary N) is 1. The van der Waals surface area contributed by atoms with Crippen molar-refractivity contribution in [2.24, 2.45) is 0 Å². The summed E-state index contributed by atoms with van der Waals surface area (Å²) in [6, 6.07) is 15.4. The number of nitrogens with one attached hydrogen (secondary N) is 1. The van der Waals surface area contributed by atoms with E-state index in [0.29, 0.717) is 10.6 Å². The minimum absolute atomic E-state index is 0.160. The highest BCUT2D eigenvalue weighted by molar-refractivity contribution is 7.21. The zero-order valence-electron chi connectivity index (χ0n) is 11.0. The van der Waals surface area contributed by atoms with E-state index in [4.69, 9.17) is 5.73 Å². The number of rotatable bonds is 2. The molecule has 1 aromatic heterocycles. The number of fused-ring (bicyclic) bond motifs is 1. The minimum Gasteiger partial charge on any atom is -0.397 e. The Labute approximate surface area is 121 Å². The second-order valence-electron chi connectivity index (χ2n) is 4.66. The number of amides is 1. The quantitative estimate of drug-likeness (QED) is 0.745. The third-order valence-corrected chi connectivity index (χ3v) is 4.29. The maximum atomic E-state index is 12.3. The fourth-order valence-corrected chi connectivity index (χ4v) is 3.22. The van der Waals surface area contributed by atoms with Crippen LogP contribution in [0.15, 0.2) is 48.5 Å². The maximum Gasteiger partial charge on any atom is 0.267 e. The highest BCUT2D eigenvalue weighted by Gasteiger charge is 2.16. The van der Waals surface area contributed by atoms with Crippen molar-refractivity contribution in [3.63, 3.8) is 0 Å². The maximum absolute atomic E-state index is 12.3. The van der Waals surface area contributed by atoms with Gasteiger partial charge in [0.2, 0.25) is 0 Å². The first-order valence-electron chi connectivity index (χ1n) is 6.30. The SMILES string of the molecule is Cc1ccc2c(N)c(C(=O)Nc3ccccc3)sc2c1. The van der Waals surface area contributed by atoms with Gasteiger partial charge in [-0.05, 0) is 30.7 Å². The van der Waals surface area contributed by atoms with E-state index in [2.05, 4.69) is 11.4 Å². The van der Waals surface area contributed by atoms with Crippen molar-refractivity contribution in [1.29, 1.82) is 0 Å². The molecule has 3 N–H and O–H groups in total. The van der Waals surface area contributed by atoms with E-state index in [-0.39, 0.29) is 5.91 Å². The zero-order valence-corrected chi connectivity index (χ0v) is 11.8. The van der Waals surface area contributed by atoms with Crippen molar-refractivity contribution >= 4 is 38.7 Å². The molecule has 0 aliphatic carbocycles. The van der Waals surface area contributed by atoms with Crippen LogP contribution in [0.2, 0.25) is 0 Å². The number of carbonyl (C=O) groups is 1. The van der Waals surface area contributed by atoms with E-state index in [1.54, 1.807) is 0 Å². The van der Waals surface area contributed by atoms with Crippen molar-refractivity contribution in [3.8, 4) is 0 Å². The van der Waals surface area contributed by atoms with Crippen LogP contribution in [0.1, 0.15) is 15.2 Å². The topological polar surface area (TPSA) is 55.1 Å². The molecule has 1 amide bonds. The largest absolute Gasteiger partial charge is 0.397 e. The van der Waals surface area contributed by atoms with Gasteiger partial charge in [0.1, 0.15) is 4.88 Å². The average molecular weight is 282 g/mol. The normalized spacial score (nSPS) is 10.7. The number of nitrogen functional groups attached to an aromatic ring is 1. The highest BCUT2D eigenvalue weighted by Crippen LogP contribution is 2.34. The van der Waals surface area contributed by atoms with Crippen LogP contribution >= 0.6 is 11.3 Å². The Morgan fingerprint density at radius 2 is 1.90 bits per heavy atom. The van der Waals surface area contributed by atoms with Gasteiger partial charge in [0, 0.05) is 15.8 Å². The number of hydrogen-bond acceptors (Lipinski definition) is 3. The first-order chi connectivity index (χ1) is 9.65. The molecule has 4 heteroatoms. The lowest BCUT2D eigenvalue weighted by molar-refractivity contribution is 0.103. The van der Waals surface area contributed by atoms with E-state index < -0.39 is 0 Å². The van der Waals surface area contributed by atoms with E-state index in [1.165, 1.54) is 11.3 Å². The van der Waals surface area contributed by atoms with E-state index >= 15 is 0 Å². The Bertz CT molecular complexity index is 778. The Kier molecular flexibility index (Phi) is 3.16. The summed E-state index contributed by atoms with van der Waals surface area (Å²) in [5, 5.41) is 3.81. The van der Waals surface area contributed by atoms with E-state index in [9.17, 15) is 4.79 Å². The molecule has 100 valence electrons. The Morgan fingerprint density at radius 1 is 1.15 bits per heavy atom. The van der Waals surface area contributed by atoms with Crippen molar-refractivity contribution in [2.45, 2.75) is 6.92 Å². The molecular formula is C16H14N2OS. The zero-order chi connectivity index (χ0) is 14.1. The lowest BCUT2D eigenvalue weighted by Gasteiger charge is -2.03. The summed E-state index contributed by atoms with van der Waals surface area (Å²) in [7, 11) is 0. The van der Waals surface area contributed by atoms with Crippen LogP contribution in [0.5, 0.6) is 0 Å². The van der Waals surface area contributed by atoms with Crippen LogP contribution in [0.25, 0.3) is 10.1 Å². The van der Waals surface area contributed by atoms with Gasteiger partial charge >= 0.3 is 0 Å². The fourth-order valence-electron chi connectivity index (χ4n) is 2.10. The van der Waals surface area contributed by atoms with Gasteiger partial charge in [-0.15, -0.1) is 11.3 Å².